The van der Waals surface area contributed by atoms with Crippen LogP contribution in [0, 0.1) is 11.8 Å². The second kappa shape index (κ2) is 30.6. The summed E-state index contributed by atoms with van der Waals surface area (Å²) in [6.45, 7) is 8.61. The highest BCUT2D eigenvalue weighted by atomic mass is 16.4. The minimum Gasteiger partial charge on any atom is -0.480 e. The van der Waals surface area contributed by atoms with Crippen molar-refractivity contribution >= 4 is 65.0 Å². The maximum atomic E-state index is 13.8. The molecule has 0 saturated heterocycles. The molecule has 0 saturated carbocycles. The molecule has 19 N–H and O–H groups in total. The fourth-order valence-corrected chi connectivity index (χ4v) is 6.40. The summed E-state index contributed by atoms with van der Waals surface area (Å²) in [7, 11) is 0. The van der Waals surface area contributed by atoms with Crippen LogP contribution in [0.5, 0.6) is 0 Å². The zero-order chi connectivity index (χ0) is 52.5. The average Bonchev–Trinajstić information content (AvgIpc) is 3.81. The number of aromatic nitrogens is 2. The number of primary amides is 2. The molecule has 1 heterocycles. The molecule has 388 valence electrons. The van der Waals surface area contributed by atoms with E-state index < -0.39 is 144 Å². The molecule has 0 fully saturated rings. The van der Waals surface area contributed by atoms with Crippen LogP contribution in [0.25, 0.3) is 0 Å². The van der Waals surface area contributed by atoms with E-state index >= 15 is 0 Å². The number of unbranched alkanes of at least 4 members (excludes halogenated alkanes) is 1. The molecule has 0 aliphatic heterocycles. The molecule has 0 unspecified atom stereocenters. The van der Waals surface area contributed by atoms with Gasteiger partial charge in [-0.3, -0.25) is 47.9 Å². The minimum absolute atomic E-state index is 0.0249. The number of hydrogen-bond donors (Lipinski definition) is 15. The molecule has 0 aromatic carbocycles. The van der Waals surface area contributed by atoms with E-state index in [4.69, 9.17) is 22.9 Å². The van der Waals surface area contributed by atoms with Crippen molar-refractivity contribution in [3.63, 3.8) is 0 Å². The number of imidazole rings is 1. The lowest BCUT2D eigenvalue weighted by Crippen LogP contribution is -2.61. The van der Waals surface area contributed by atoms with Crippen molar-refractivity contribution in [1.82, 2.24) is 52.5 Å². The lowest BCUT2D eigenvalue weighted by molar-refractivity contribution is -0.142. The number of amides is 10. The summed E-state index contributed by atoms with van der Waals surface area (Å²) in [6.07, 6.45) is 2.95. The lowest BCUT2D eigenvalue weighted by atomic mass is 9.97. The molecule has 27 nitrogen and oxygen atoms in total. The third-order valence-electron chi connectivity index (χ3n) is 11.1. The smallest absolute Gasteiger partial charge is 0.326 e. The summed E-state index contributed by atoms with van der Waals surface area (Å²) in [5.74, 6) is -11.4. The molecule has 0 aliphatic rings. The average molecular weight is 981 g/mol. The number of nitrogens with one attached hydrogen (secondary N) is 9. The number of carboxylic acids is 1. The summed E-state index contributed by atoms with van der Waals surface area (Å²) in [5.41, 5.74) is 22.3. The van der Waals surface area contributed by atoms with E-state index in [9.17, 15) is 63.0 Å². The van der Waals surface area contributed by atoms with E-state index in [0.717, 1.165) is 0 Å². The standard InChI is InChI=1S/C42H72N14O13/c1-7-20(3)32(55-35(61)23(6)50-39(65)29(18-57)54-36(62)25(44)12-13-30(45)58)40(66)52-27(16-31(46)59)38(64)51-26(11-9-10-14-43)37(63)49-22(5)34(60)56-33(21(4)8-2)41(67)53-28(42(68)69)15-24-17-47-19-48-24/h17,19-23,25-29,32-33,57H,7-16,18,43-44H2,1-6H3,(H2,45,58)(H2,46,59)(H,47,48)(H,49,63)(H,50,65)(H,51,64)(H,52,66)(H,53,67)(H,54,62)(H,55,61)(H,56,60)(H,68,69)/t20-,21-,22-,23-,25-,26-,27-,28-,29-,32-,33-/m0/s1. The van der Waals surface area contributed by atoms with Crippen LogP contribution in [-0.4, -0.2) is 153 Å². The Morgan fingerprint density at radius 3 is 1.52 bits per heavy atom. The number of aliphatic hydroxyl groups excluding tert-OH is 1. The normalized spacial score (nSPS) is 15.8. The van der Waals surface area contributed by atoms with Crippen molar-refractivity contribution in [3.05, 3.63) is 18.2 Å². The highest BCUT2D eigenvalue weighted by Crippen LogP contribution is 2.12. The molecule has 0 aliphatic carbocycles. The van der Waals surface area contributed by atoms with Crippen LogP contribution in [-0.2, 0) is 59.2 Å². The van der Waals surface area contributed by atoms with E-state index in [1.165, 1.54) is 26.4 Å². The van der Waals surface area contributed by atoms with Gasteiger partial charge in [-0.2, -0.15) is 0 Å². The third kappa shape index (κ3) is 21.4. The number of aliphatic carboxylic acids is 1. The van der Waals surface area contributed by atoms with Gasteiger partial charge in [0.15, 0.2) is 0 Å². The number of nitrogens with zero attached hydrogens (tertiary/aromatic N) is 1. The molecule has 0 bridgehead atoms. The Bertz CT molecular complexity index is 1920. The van der Waals surface area contributed by atoms with E-state index in [0.29, 0.717) is 31.4 Å². The molecule has 27 heteroatoms. The van der Waals surface area contributed by atoms with Gasteiger partial charge in [0.05, 0.1) is 31.1 Å². The zero-order valence-electron chi connectivity index (χ0n) is 39.9. The Morgan fingerprint density at radius 2 is 1.09 bits per heavy atom. The van der Waals surface area contributed by atoms with Crippen molar-refractivity contribution < 1.29 is 63.0 Å². The summed E-state index contributed by atoms with van der Waals surface area (Å²) in [6, 6.07) is -12.5. The number of nitrogens with two attached hydrogens (primary N) is 4. The van der Waals surface area contributed by atoms with E-state index in [-0.39, 0.29) is 32.2 Å². The number of carbonyl (C=O) groups excluding carboxylic acids is 10. The van der Waals surface area contributed by atoms with Crippen molar-refractivity contribution in [3.8, 4) is 0 Å². The number of hydrogen-bond acceptors (Lipinski definition) is 15. The van der Waals surface area contributed by atoms with Crippen LogP contribution >= 0.6 is 0 Å². The molecule has 11 atom stereocenters. The summed E-state index contributed by atoms with van der Waals surface area (Å²) >= 11 is 0. The van der Waals surface area contributed by atoms with Gasteiger partial charge in [-0.1, -0.05) is 40.5 Å². The summed E-state index contributed by atoms with van der Waals surface area (Å²) in [4.78, 5) is 149. The van der Waals surface area contributed by atoms with Crippen LogP contribution in [0.15, 0.2) is 12.5 Å². The Labute approximate surface area is 399 Å². The fraction of sp³-hybridized carbons (Fsp3) is 0.667. The van der Waals surface area contributed by atoms with Gasteiger partial charge < -0.3 is 80.7 Å². The summed E-state index contributed by atoms with van der Waals surface area (Å²) < 4.78 is 0. The number of carboxylic acid groups (broad SMARTS) is 1. The van der Waals surface area contributed by atoms with Gasteiger partial charge in [-0.05, 0) is 57.9 Å². The maximum absolute atomic E-state index is 13.8. The second-order valence-electron chi connectivity index (χ2n) is 16.8. The number of carbonyl (C=O) groups is 11. The Hall–Kier alpha value is -6.74. The first-order valence-electron chi connectivity index (χ1n) is 22.7. The number of H-pyrrole nitrogens is 1. The largest absolute Gasteiger partial charge is 0.480 e. The first kappa shape index (κ1) is 60.3. The van der Waals surface area contributed by atoms with E-state index in [1.807, 2.05) is 0 Å². The molecule has 1 rings (SSSR count). The van der Waals surface area contributed by atoms with Crippen molar-refractivity contribution in [2.75, 3.05) is 13.2 Å². The van der Waals surface area contributed by atoms with Gasteiger partial charge in [-0.15, -0.1) is 0 Å². The van der Waals surface area contributed by atoms with Crippen LogP contribution in [0.1, 0.15) is 98.6 Å². The fourth-order valence-electron chi connectivity index (χ4n) is 6.40. The molecular weight excluding hydrogens is 909 g/mol. The van der Waals surface area contributed by atoms with Gasteiger partial charge >= 0.3 is 5.97 Å². The van der Waals surface area contributed by atoms with Crippen LogP contribution < -0.4 is 65.5 Å². The molecule has 0 spiro atoms. The highest BCUT2D eigenvalue weighted by Gasteiger charge is 2.36. The number of aromatic amines is 1. The number of rotatable bonds is 33. The topological polar surface area (TPSA) is 457 Å². The summed E-state index contributed by atoms with van der Waals surface area (Å²) in [5, 5.41) is 39.0. The zero-order valence-corrected chi connectivity index (χ0v) is 39.9. The molecule has 0 radical (unpaired) electrons. The van der Waals surface area contributed by atoms with Gasteiger partial charge in [0, 0.05) is 19.0 Å². The SMILES string of the molecule is CC[C@H](C)[C@H](NC(=O)[C@H](C)NC(=O)[C@H](CCCCN)NC(=O)[C@H](CC(N)=O)NC(=O)[C@@H](NC(=O)[C@H](C)NC(=O)[C@H](CO)NC(=O)[C@@H](N)CCC(N)=O)[C@@H](C)CC)C(=O)N[C@@H](Cc1c[nH]cn1)C(=O)O. The highest BCUT2D eigenvalue weighted by molar-refractivity contribution is 5.99. The quantitative estimate of drug-likeness (QED) is 0.0292. The Balaban J connectivity index is 3.19. The first-order chi connectivity index (χ1) is 32.4. The molecular formula is C42H72N14O13. The molecule has 1 aromatic heterocycles. The third-order valence-corrected chi connectivity index (χ3v) is 11.1. The molecule has 10 amide bonds. The molecule has 1 aromatic rings. The Kier molecular flexibility index (Phi) is 26.7. The predicted molar refractivity (Wildman–Crippen MR) is 246 cm³/mol. The van der Waals surface area contributed by atoms with Crippen LogP contribution in [0.4, 0.5) is 0 Å². The van der Waals surface area contributed by atoms with Gasteiger partial charge in [0.1, 0.15) is 48.3 Å². The van der Waals surface area contributed by atoms with Gasteiger partial charge in [0.25, 0.3) is 0 Å². The van der Waals surface area contributed by atoms with Crippen molar-refractivity contribution in [1.29, 1.82) is 0 Å². The lowest BCUT2D eigenvalue weighted by Gasteiger charge is -2.29. The number of aliphatic hydroxyl groups is 1. The second-order valence-corrected chi connectivity index (χ2v) is 16.8. The van der Waals surface area contributed by atoms with E-state index in [2.05, 4.69) is 52.5 Å². The monoisotopic (exact) mass is 981 g/mol. The van der Waals surface area contributed by atoms with Crippen molar-refractivity contribution in [2.24, 2.45) is 34.8 Å². The van der Waals surface area contributed by atoms with Crippen LogP contribution in [0.2, 0.25) is 0 Å². The Morgan fingerprint density at radius 1 is 0.609 bits per heavy atom. The first-order valence-corrected chi connectivity index (χ1v) is 22.7. The maximum Gasteiger partial charge on any atom is 0.326 e. The minimum atomic E-state index is -1.69. The van der Waals surface area contributed by atoms with Gasteiger partial charge in [0.2, 0.25) is 59.1 Å². The predicted octanol–water partition coefficient (Wildman–Crippen LogP) is -5.36. The van der Waals surface area contributed by atoms with Crippen molar-refractivity contribution in [2.45, 2.75) is 154 Å². The molecule has 69 heavy (non-hydrogen) atoms. The van der Waals surface area contributed by atoms with Crippen LogP contribution in [0.3, 0.4) is 0 Å². The van der Waals surface area contributed by atoms with Gasteiger partial charge in [-0.25, -0.2) is 9.78 Å². The van der Waals surface area contributed by atoms with E-state index in [1.54, 1.807) is 27.7 Å².